The molecule has 4 fully saturated rings. The van der Waals surface area contributed by atoms with Crippen molar-refractivity contribution < 1.29 is 24.0 Å². The Morgan fingerprint density at radius 3 is 2.36 bits per heavy atom. The molecule has 5 amide bonds. The number of piperidine rings is 3. The molecule has 9 heterocycles. The van der Waals surface area contributed by atoms with Crippen LogP contribution in [0, 0.1) is 11.8 Å². The Hall–Kier alpha value is -6.86. The maximum Gasteiger partial charge on any atom is 0.262 e. The van der Waals surface area contributed by atoms with Crippen molar-refractivity contribution in [3.63, 3.8) is 0 Å². The molecule has 0 spiro atoms. The zero-order chi connectivity index (χ0) is 48.2. The van der Waals surface area contributed by atoms with E-state index in [0.29, 0.717) is 40.8 Å². The van der Waals surface area contributed by atoms with Crippen molar-refractivity contribution >= 4 is 58.4 Å². The summed E-state index contributed by atoms with van der Waals surface area (Å²) in [6, 6.07) is 14.4. The fourth-order valence-corrected chi connectivity index (χ4v) is 11.6. The number of pyridine rings is 1. The molecule has 4 aromatic rings. The second-order valence-electron chi connectivity index (χ2n) is 20.0. The topological polar surface area (TPSA) is 198 Å². The van der Waals surface area contributed by atoms with E-state index in [9.17, 15) is 24.0 Å². The first-order valence-electron chi connectivity index (χ1n) is 25.0. The van der Waals surface area contributed by atoms with E-state index in [0.717, 1.165) is 129 Å². The molecular formula is C51H60N14O5. The van der Waals surface area contributed by atoms with Gasteiger partial charge in [0, 0.05) is 93.7 Å². The van der Waals surface area contributed by atoms with Gasteiger partial charge in [-0.3, -0.25) is 44.1 Å². The number of fused-ring (bicyclic) bond motifs is 3. The van der Waals surface area contributed by atoms with E-state index in [1.807, 2.05) is 56.3 Å². The highest BCUT2D eigenvalue weighted by atomic mass is 16.2. The van der Waals surface area contributed by atoms with E-state index >= 15 is 0 Å². The lowest BCUT2D eigenvalue weighted by molar-refractivity contribution is -0.136. The molecule has 2 aromatic carbocycles. The normalized spacial score (nSPS) is 22.6. The van der Waals surface area contributed by atoms with Crippen LogP contribution in [0.3, 0.4) is 0 Å². The van der Waals surface area contributed by atoms with Crippen LogP contribution in [0.15, 0.2) is 71.0 Å². The third-order valence-corrected chi connectivity index (χ3v) is 15.9. The summed E-state index contributed by atoms with van der Waals surface area (Å²) in [5, 5.41) is 17.4. The smallest absolute Gasteiger partial charge is 0.262 e. The van der Waals surface area contributed by atoms with Crippen molar-refractivity contribution in [1.82, 2.24) is 45.2 Å². The van der Waals surface area contributed by atoms with Gasteiger partial charge in [0.15, 0.2) is 0 Å². The number of aliphatic imine (C=N–C) groups is 1. The third kappa shape index (κ3) is 8.62. The highest BCUT2D eigenvalue weighted by molar-refractivity contribution is 6.24. The highest BCUT2D eigenvalue weighted by Gasteiger charge is 2.45. The van der Waals surface area contributed by atoms with Gasteiger partial charge in [-0.1, -0.05) is 11.2 Å². The Kier molecular flexibility index (Phi) is 12.2. The lowest BCUT2D eigenvalue weighted by atomic mass is 9.90. The first kappa shape index (κ1) is 45.6. The van der Waals surface area contributed by atoms with Crippen molar-refractivity contribution in [2.75, 3.05) is 92.5 Å². The van der Waals surface area contributed by atoms with Crippen LogP contribution in [0.4, 0.5) is 23.1 Å². The number of nitrogens with one attached hydrogen (secondary N) is 2. The number of tetrazole rings is 1. The Morgan fingerprint density at radius 2 is 1.57 bits per heavy atom. The summed E-state index contributed by atoms with van der Waals surface area (Å²) in [6.45, 7) is 14.6. The standard InChI is InChI=1S/C51H60N14O5/c1-31-45(32(2)65-51(59(31)3)56-57-58-65)48(68)54-37-5-4-36-29-53-46(40(36)27-37)35-10-16-52-43(26-35)63-24-22-60(23-25-63)17-11-33-12-18-61(19-13-33)30-34-14-20-62(21-15-34)38-6-7-39-41(28-38)50(70)64(49(39)69)42-8-9-44(66)55-47(42)67/h4-7,10,16,26-28,32-34,42H,8-9,11-15,17-25,29-30H2,1-3H3,(H,54,68)(H,55,66,67)/t32-,42?/m1/s1. The molecule has 19 heteroatoms. The van der Waals surface area contributed by atoms with Gasteiger partial charge in [-0.05, 0) is 142 Å². The van der Waals surface area contributed by atoms with E-state index in [1.165, 1.54) is 19.3 Å². The van der Waals surface area contributed by atoms with Gasteiger partial charge in [0.2, 0.25) is 17.8 Å². The Labute approximate surface area is 406 Å². The molecule has 364 valence electrons. The predicted molar refractivity (Wildman–Crippen MR) is 263 cm³/mol. The number of anilines is 4. The predicted octanol–water partition coefficient (Wildman–Crippen LogP) is 3.88. The van der Waals surface area contributed by atoms with Crippen molar-refractivity contribution in [2.24, 2.45) is 16.8 Å². The number of allylic oxidation sites excluding steroid dienone is 1. The monoisotopic (exact) mass is 948 g/mol. The van der Waals surface area contributed by atoms with Gasteiger partial charge in [-0.25, -0.2) is 9.67 Å². The molecule has 0 bridgehead atoms. The summed E-state index contributed by atoms with van der Waals surface area (Å²) < 4.78 is 1.66. The lowest BCUT2D eigenvalue weighted by Gasteiger charge is -2.39. The SMILES string of the molecule is CC1=C(C(=O)Nc2ccc3c(c2)C(c2ccnc(N4CCN(CCC5CCN(CC6CCN(c7ccc8c(c7)C(=O)N(C7CCC(=O)NC7=O)C8=O)CC6)CC5)CC4)c2)=NC3)[C@@H](C)n2nnnc2N1C. The average Bonchev–Trinajstić information content (AvgIpc) is 4.10. The molecule has 2 N–H and O–H groups in total. The van der Waals surface area contributed by atoms with Gasteiger partial charge in [0.05, 0.1) is 35.0 Å². The van der Waals surface area contributed by atoms with Gasteiger partial charge in [0.1, 0.15) is 11.9 Å². The van der Waals surface area contributed by atoms with Crippen molar-refractivity contribution in [1.29, 1.82) is 0 Å². The zero-order valence-electron chi connectivity index (χ0n) is 40.1. The summed E-state index contributed by atoms with van der Waals surface area (Å²) in [5.74, 6) is 0.852. The number of likely N-dealkylation sites (tertiary alicyclic amines) is 1. The number of hydrogen-bond acceptors (Lipinski definition) is 15. The molecule has 1 unspecified atom stereocenters. The molecule has 19 nitrogen and oxygen atoms in total. The number of carbonyl (C=O) groups is 5. The van der Waals surface area contributed by atoms with E-state index in [-0.39, 0.29) is 30.7 Å². The Balaban J connectivity index is 0.612. The molecule has 7 aliphatic rings. The number of imide groups is 2. The zero-order valence-corrected chi connectivity index (χ0v) is 40.1. The number of piperazine rings is 1. The number of nitrogens with zero attached hydrogens (tertiary/aromatic N) is 12. The summed E-state index contributed by atoms with van der Waals surface area (Å²) in [7, 11) is 1.86. The Morgan fingerprint density at radius 1 is 0.800 bits per heavy atom. The maximum atomic E-state index is 13.7. The van der Waals surface area contributed by atoms with Gasteiger partial charge in [0.25, 0.3) is 17.7 Å². The first-order valence-corrected chi connectivity index (χ1v) is 25.0. The summed E-state index contributed by atoms with van der Waals surface area (Å²) in [4.78, 5) is 87.0. The van der Waals surface area contributed by atoms with E-state index in [2.05, 4.69) is 57.9 Å². The fraction of sp³-hybridized carbons (Fsp3) is 0.490. The number of benzene rings is 2. The van der Waals surface area contributed by atoms with Crippen molar-refractivity contribution in [3.05, 3.63) is 93.8 Å². The molecule has 0 saturated carbocycles. The highest BCUT2D eigenvalue weighted by Crippen LogP contribution is 2.35. The van der Waals surface area contributed by atoms with Gasteiger partial charge < -0.3 is 24.9 Å². The molecular weight excluding hydrogens is 889 g/mol. The second-order valence-corrected chi connectivity index (χ2v) is 20.0. The summed E-state index contributed by atoms with van der Waals surface area (Å²) in [6.07, 6.45) is 8.00. The minimum absolute atomic E-state index is 0.103. The summed E-state index contributed by atoms with van der Waals surface area (Å²) >= 11 is 0. The van der Waals surface area contributed by atoms with Crippen LogP contribution < -0.4 is 25.3 Å². The van der Waals surface area contributed by atoms with Gasteiger partial charge in [-0.2, -0.15) is 0 Å². The molecule has 70 heavy (non-hydrogen) atoms. The molecule has 0 radical (unpaired) electrons. The average molecular weight is 949 g/mol. The van der Waals surface area contributed by atoms with E-state index in [1.54, 1.807) is 16.8 Å². The maximum absolute atomic E-state index is 13.7. The van der Waals surface area contributed by atoms with Crippen LogP contribution in [0.25, 0.3) is 0 Å². The number of aromatic nitrogens is 5. The third-order valence-electron chi connectivity index (χ3n) is 15.9. The van der Waals surface area contributed by atoms with Crippen molar-refractivity contribution in [2.45, 2.75) is 77.4 Å². The minimum atomic E-state index is -0.959. The minimum Gasteiger partial charge on any atom is -0.371 e. The van der Waals surface area contributed by atoms with Crippen LogP contribution in [0.5, 0.6) is 0 Å². The summed E-state index contributed by atoms with van der Waals surface area (Å²) in [5.41, 5.74) is 7.79. The Bertz CT molecular complexity index is 2820. The van der Waals surface area contributed by atoms with Crippen LogP contribution in [0.1, 0.15) is 102 Å². The van der Waals surface area contributed by atoms with Gasteiger partial charge in [-0.15, -0.1) is 0 Å². The van der Waals surface area contributed by atoms with Crippen LogP contribution in [-0.2, 0) is 20.9 Å². The number of carbonyl (C=O) groups excluding carboxylic acids is 5. The fourth-order valence-electron chi connectivity index (χ4n) is 11.6. The van der Waals surface area contributed by atoms with Crippen molar-refractivity contribution in [3.8, 4) is 0 Å². The van der Waals surface area contributed by atoms with Crippen LogP contribution in [-0.4, -0.2) is 154 Å². The first-order chi connectivity index (χ1) is 34.0. The largest absolute Gasteiger partial charge is 0.371 e. The number of hydrogen-bond donors (Lipinski definition) is 2. The molecule has 4 saturated heterocycles. The number of rotatable bonds is 11. The second kappa shape index (κ2) is 18.8. The van der Waals surface area contributed by atoms with Crippen LogP contribution >= 0.6 is 0 Å². The molecule has 0 aliphatic carbocycles. The quantitative estimate of drug-likeness (QED) is 0.206. The van der Waals surface area contributed by atoms with Crippen LogP contribution in [0.2, 0.25) is 0 Å². The van der Waals surface area contributed by atoms with Gasteiger partial charge >= 0.3 is 0 Å². The number of amides is 5. The molecule has 7 aliphatic heterocycles. The van der Waals surface area contributed by atoms with E-state index < -0.39 is 23.8 Å². The lowest BCUT2D eigenvalue weighted by Crippen LogP contribution is -2.54. The van der Waals surface area contributed by atoms with E-state index in [4.69, 9.17) is 9.98 Å². The molecule has 11 rings (SSSR count). The molecule has 2 aromatic heterocycles. The molecule has 2 atom stereocenters.